The Hall–Kier alpha value is 0.130. The van der Waals surface area contributed by atoms with Gasteiger partial charge in [-0.25, -0.2) is 0 Å². The van der Waals surface area contributed by atoms with Crippen molar-refractivity contribution in [3.05, 3.63) is 53.6 Å². The minimum Gasteiger partial charge on any atom is -0.383 e. The second-order valence-electron chi connectivity index (χ2n) is 3.70. The molecule has 0 spiro atoms. The number of thiophene rings is 1. The average Bonchev–Trinajstić information content (AvgIpc) is 2.58. The quantitative estimate of drug-likeness (QED) is 0.729. The van der Waals surface area contributed by atoms with Gasteiger partial charge in [0.05, 0.1) is 0 Å². The SMILES string of the molecule is Cc1ccc(C(O)c2cc(Br)c(Cl)s2)c(Br)c1. The Kier molecular flexibility index (Phi) is 4.31. The van der Waals surface area contributed by atoms with E-state index in [9.17, 15) is 5.11 Å². The fraction of sp³-hybridized carbons (Fsp3) is 0.167. The van der Waals surface area contributed by atoms with Gasteiger partial charge in [-0.2, -0.15) is 0 Å². The molecule has 0 aliphatic rings. The molecule has 1 aromatic carbocycles. The van der Waals surface area contributed by atoms with Crippen LogP contribution in [0.15, 0.2) is 33.2 Å². The molecule has 0 amide bonds. The van der Waals surface area contributed by atoms with Crippen molar-refractivity contribution in [2.75, 3.05) is 0 Å². The molecule has 5 heteroatoms. The minimum absolute atomic E-state index is 0.654. The summed E-state index contributed by atoms with van der Waals surface area (Å²) >= 11 is 14.2. The molecule has 0 aliphatic heterocycles. The summed E-state index contributed by atoms with van der Waals surface area (Å²) in [5.41, 5.74) is 2.00. The maximum Gasteiger partial charge on any atom is 0.114 e. The molecule has 0 aliphatic carbocycles. The predicted molar refractivity (Wildman–Crippen MR) is 80.0 cm³/mol. The first-order chi connectivity index (χ1) is 7.99. The first-order valence-corrected chi connectivity index (χ1v) is 7.66. The van der Waals surface area contributed by atoms with Gasteiger partial charge in [0.2, 0.25) is 0 Å². The van der Waals surface area contributed by atoms with Crippen molar-refractivity contribution in [2.45, 2.75) is 13.0 Å². The lowest BCUT2D eigenvalue weighted by atomic mass is 10.1. The number of rotatable bonds is 2. The van der Waals surface area contributed by atoms with Crippen LogP contribution in [-0.4, -0.2) is 5.11 Å². The van der Waals surface area contributed by atoms with Crippen molar-refractivity contribution in [2.24, 2.45) is 0 Å². The highest BCUT2D eigenvalue weighted by Crippen LogP contribution is 2.39. The van der Waals surface area contributed by atoms with Gasteiger partial charge < -0.3 is 5.11 Å². The predicted octanol–water partition coefficient (Wildman–Crippen LogP) is 5.32. The van der Waals surface area contributed by atoms with Gasteiger partial charge in [-0.05, 0) is 46.1 Å². The Bertz CT molecular complexity index is 534. The second kappa shape index (κ2) is 5.41. The second-order valence-corrected chi connectivity index (χ2v) is 7.09. The Morgan fingerprint density at radius 3 is 2.47 bits per heavy atom. The van der Waals surface area contributed by atoms with Crippen molar-refractivity contribution in [3.63, 3.8) is 0 Å². The van der Waals surface area contributed by atoms with E-state index in [1.54, 1.807) is 0 Å². The topological polar surface area (TPSA) is 20.2 Å². The Morgan fingerprint density at radius 2 is 1.94 bits per heavy atom. The van der Waals surface area contributed by atoms with E-state index in [1.165, 1.54) is 11.3 Å². The molecule has 1 heterocycles. The van der Waals surface area contributed by atoms with E-state index < -0.39 is 6.10 Å². The summed E-state index contributed by atoms with van der Waals surface area (Å²) in [5, 5.41) is 10.3. The van der Waals surface area contributed by atoms with Gasteiger partial charge in [0.1, 0.15) is 10.4 Å². The van der Waals surface area contributed by atoms with Crippen LogP contribution in [0.2, 0.25) is 4.34 Å². The summed E-state index contributed by atoms with van der Waals surface area (Å²) in [6.07, 6.45) is -0.654. The Morgan fingerprint density at radius 1 is 1.24 bits per heavy atom. The normalized spacial score (nSPS) is 12.8. The number of hydrogen-bond donors (Lipinski definition) is 1. The lowest BCUT2D eigenvalue weighted by Gasteiger charge is -2.11. The minimum atomic E-state index is -0.654. The third kappa shape index (κ3) is 2.93. The number of hydrogen-bond acceptors (Lipinski definition) is 2. The molecule has 2 rings (SSSR count). The molecule has 1 aromatic heterocycles. The van der Waals surface area contributed by atoms with E-state index in [2.05, 4.69) is 31.9 Å². The van der Waals surface area contributed by atoms with Gasteiger partial charge in [-0.3, -0.25) is 0 Å². The number of aryl methyl sites for hydroxylation is 1. The standard InChI is InChI=1S/C12H9Br2ClOS/c1-6-2-3-7(8(13)4-6)11(16)10-5-9(14)12(15)17-10/h2-5,11,16H,1H3. The third-order valence-electron chi connectivity index (χ3n) is 2.38. The van der Waals surface area contributed by atoms with Crippen molar-refractivity contribution < 1.29 is 5.11 Å². The molecule has 1 nitrogen and oxygen atoms in total. The van der Waals surface area contributed by atoms with Crippen LogP contribution in [0.4, 0.5) is 0 Å². The van der Waals surface area contributed by atoms with Gasteiger partial charge in [-0.15, -0.1) is 11.3 Å². The molecule has 17 heavy (non-hydrogen) atoms. The molecule has 0 fully saturated rings. The van der Waals surface area contributed by atoms with E-state index in [1.807, 2.05) is 31.2 Å². The number of aliphatic hydroxyl groups excluding tert-OH is 1. The molecule has 1 atom stereocenters. The van der Waals surface area contributed by atoms with Crippen LogP contribution in [0.3, 0.4) is 0 Å². The largest absolute Gasteiger partial charge is 0.383 e. The zero-order valence-electron chi connectivity index (χ0n) is 8.88. The van der Waals surface area contributed by atoms with Crippen LogP contribution in [-0.2, 0) is 0 Å². The van der Waals surface area contributed by atoms with Crippen molar-refractivity contribution in [1.29, 1.82) is 0 Å². The highest BCUT2D eigenvalue weighted by atomic mass is 79.9. The van der Waals surface area contributed by atoms with Gasteiger partial charge >= 0.3 is 0 Å². The highest BCUT2D eigenvalue weighted by Gasteiger charge is 2.17. The molecule has 0 bridgehead atoms. The van der Waals surface area contributed by atoms with E-state index in [4.69, 9.17) is 11.6 Å². The summed E-state index contributed by atoms with van der Waals surface area (Å²) < 4.78 is 2.38. The first-order valence-electron chi connectivity index (χ1n) is 4.88. The zero-order chi connectivity index (χ0) is 12.6. The zero-order valence-corrected chi connectivity index (χ0v) is 13.6. The maximum atomic E-state index is 10.3. The molecular weight excluding hydrogens is 387 g/mol. The van der Waals surface area contributed by atoms with Crippen LogP contribution >= 0.6 is 54.8 Å². The number of aliphatic hydroxyl groups is 1. The molecule has 1 unspecified atom stereocenters. The number of benzene rings is 1. The third-order valence-corrected chi connectivity index (χ3v) is 5.60. The molecular formula is C12H9Br2ClOS. The van der Waals surface area contributed by atoms with Crippen LogP contribution in [0.25, 0.3) is 0 Å². The monoisotopic (exact) mass is 394 g/mol. The van der Waals surface area contributed by atoms with Crippen LogP contribution in [0.1, 0.15) is 22.1 Å². The summed E-state index contributed by atoms with van der Waals surface area (Å²) in [5.74, 6) is 0. The molecule has 90 valence electrons. The summed E-state index contributed by atoms with van der Waals surface area (Å²) in [6, 6.07) is 7.74. The van der Waals surface area contributed by atoms with Crippen molar-refractivity contribution in [1.82, 2.24) is 0 Å². The van der Waals surface area contributed by atoms with Crippen molar-refractivity contribution >= 4 is 54.8 Å². The molecule has 0 saturated heterocycles. The fourth-order valence-corrected chi connectivity index (χ4v) is 3.96. The fourth-order valence-electron chi connectivity index (χ4n) is 1.51. The van der Waals surface area contributed by atoms with Crippen LogP contribution < -0.4 is 0 Å². The van der Waals surface area contributed by atoms with Gasteiger partial charge in [-0.1, -0.05) is 39.7 Å². The van der Waals surface area contributed by atoms with Gasteiger partial charge in [0, 0.05) is 13.8 Å². The van der Waals surface area contributed by atoms with E-state index in [0.717, 1.165) is 24.9 Å². The smallest absolute Gasteiger partial charge is 0.114 e. The molecule has 0 radical (unpaired) electrons. The molecule has 1 N–H and O–H groups in total. The average molecular weight is 397 g/mol. The first kappa shape index (κ1) is 13.6. The van der Waals surface area contributed by atoms with Crippen LogP contribution in [0, 0.1) is 6.92 Å². The van der Waals surface area contributed by atoms with Crippen molar-refractivity contribution in [3.8, 4) is 0 Å². The summed E-state index contributed by atoms with van der Waals surface area (Å²) in [6.45, 7) is 2.01. The molecule has 0 saturated carbocycles. The maximum absolute atomic E-state index is 10.3. The van der Waals surface area contributed by atoms with Gasteiger partial charge in [0.15, 0.2) is 0 Å². The summed E-state index contributed by atoms with van der Waals surface area (Å²) in [7, 11) is 0. The van der Waals surface area contributed by atoms with Gasteiger partial charge in [0.25, 0.3) is 0 Å². The molecule has 2 aromatic rings. The highest BCUT2D eigenvalue weighted by molar-refractivity contribution is 9.10. The lowest BCUT2D eigenvalue weighted by molar-refractivity contribution is 0.223. The Balaban J connectivity index is 2.39. The summed E-state index contributed by atoms with van der Waals surface area (Å²) in [4.78, 5) is 0.825. The van der Waals surface area contributed by atoms with Crippen LogP contribution in [0.5, 0.6) is 0 Å². The Labute approximate surface area is 126 Å². The number of halogens is 3. The van der Waals surface area contributed by atoms with E-state index in [-0.39, 0.29) is 0 Å². The van der Waals surface area contributed by atoms with E-state index in [0.29, 0.717) is 4.34 Å². The van der Waals surface area contributed by atoms with E-state index >= 15 is 0 Å². The lowest BCUT2D eigenvalue weighted by Crippen LogP contribution is -1.98.